The number of piperidine rings is 1. The molecule has 7 heteroatoms. The second-order valence-corrected chi connectivity index (χ2v) is 8.54. The summed E-state index contributed by atoms with van der Waals surface area (Å²) in [6, 6.07) is 7.58. The summed E-state index contributed by atoms with van der Waals surface area (Å²) in [7, 11) is -3.67. The minimum atomic E-state index is -3.67. The third-order valence-electron chi connectivity index (χ3n) is 3.82. The SMILES string of the molecule is CC(C)(N)CNC(=O)C1CCCCN1S(=O)(=O)c1ccccc1. The van der Waals surface area contributed by atoms with Crippen molar-refractivity contribution in [1.82, 2.24) is 9.62 Å². The first-order valence-corrected chi connectivity index (χ1v) is 9.29. The Bertz CT molecular complexity index is 638. The number of nitrogens with zero attached hydrogens (tertiary/aromatic N) is 1. The summed E-state index contributed by atoms with van der Waals surface area (Å²) in [5.41, 5.74) is 5.34. The van der Waals surface area contributed by atoms with Gasteiger partial charge in [-0.15, -0.1) is 0 Å². The number of hydrogen-bond acceptors (Lipinski definition) is 4. The summed E-state index contributed by atoms with van der Waals surface area (Å²) < 4.78 is 27.0. The average molecular weight is 339 g/mol. The first-order chi connectivity index (χ1) is 10.7. The summed E-state index contributed by atoms with van der Waals surface area (Å²) in [5, 5.41) is 2.78. The highest BCUT2D eigenvalue weighted by molar-refractivity contribution is 7.89. The number of nitrogens with two attached hydrogens (primary N) is 1. The molecule has 1 heterocycles. The molecule has 0 spiro atoms. The number of benzene rings is 1. The largest absolute Gasteiger partial charge is 0.353 e. The van der Waals surface area contributed by atoms with Gasteiger partial charge in [0.05, 0.1) is 4.90 Å². The lowest BCUT2D eigenvalue weighted by Gasteiger charge is -2.34. The predicted octanol–water partition coefficient (Wildman–Crippen LogP) is 1.08. The Morgan fingerprint density at radius 2 is 1.96 bits per heavy atom. The van der Waals surface area contributed by atoms with E-state index in [9.17, 15) is 13.2 Å². The van der Waals surface area contributed by atoms with E-state index in [1.807, 2.05) is 13.8 Å². The Morgan fingerprint density at radius 3 is 2.57 bits per heavy atom. The first-order valence-electron chi connectivity index (χ1n) is 7.85. The summed E-state index contributed by atoms with van der Waals surface area (Å²) >= 11 is 0. The highest BCUT2D eigenvalue weighted by Crippen LogP contribution is 2.25. The van der Waals surface area contributed by atoms with E-state index in [0.29, 0.717) is 19.5 Å². The molecule has 1 aliphatic rings. The molecule has 1 atom stereocenters. The third-order valence-corrected chi connectivity index (χ3v) is 5.75. The molecule has 128 valence electrons. The zero-order chi connectivity index (χ0) is 17.1. The number of carbonyl (C=O) groups is 1. The maximum Gasteiger partial charge on any atom is 0.243 e. The highest BCUT2D eigenvalue weighted by atomic mass is 32.2. The van der Waals surface area contributed by atoms with Gasteiger partial charge in [0.2, 0.25) is 15.9 Å². The molecule has 3 N–H and O–H groups in total. The molecule has 0 bridgehead atoms. The molecule has 23 heavy (non-hydrogen) atoms. The van der Waals surface area contributed by atoms with Gasteiger partial charge in [0.25, 0.3) is 0 Å². The molecule has 1 aliphatic heterocycles. The topological polar surface area (TPSA) is 92.5 Å². The van der Waals surface area contributed by atoms with Gasteiger partial charge >= 0.3 is 0 Å². The van der Waals surface area contributed by atoms with Crippen LogP contribution in [-0.2, 0) is 14.8 Å². The second kappa shape index (κ2) is 6.98. The van der Waals surface area contributed by atoms with Crippen molar-refractivity contribution in [3.63, 3.8) is 0 Å². The van der Waals surface area contributed by atoms with Gasteiger partial charge in [-0.2, -0.15) is 4.31 Å². The Hall–Kier alpha value is -1.44. The summed E-state index contributed by atoms with van der Waals surface area (Å²) in [6.45, 7) is 4.29. The van der Waals surface area contributed by atoms with Gasteiger partial charge in [-0.1, -0.05) is 24.6 Å². The van der Waals surface area contributed by atoms with E-state index in [2.05, 4.69) is 5.32 Å². The Kier molecular flexibility index (Phi) is 5.44. The van der Waals surface area contributed by atoms with Crippen LogP contribution in [0.4, 0.5) is 0 Å². The van der Waals surface area contributed by atoms with Crippen molar-refractivity contribution in [2.24, 2.45) is 5.73 Å². The van der Waals surface area contributed by atoms with Crippen molar-refractivity contribution in [3.8, 4) is 0 Å². The number of nitrogens with one attached hydrogen (secondary N) is 1. The molecule has 0 aromatic heterocycles. The smallest absolute Gasteiger partial charge is 0.243 e. The number of sulfonamides is 1. The highest BCUT2D eigenvalue weighted by Gasteiger charge is 2.37. The molecule has 6 nitrogen and oxygen atoms in total. The number of carbonyl (C=O) groups excluding carboxylic acids is 1. The summed E-state index contributed by atoms with van der Waals surface area (Å²) in [4.78, 5) is 12.7. The van der Waals surface area contributed by atoms with Crippen molar-refractivity contribution in [2.45, 2.75) is 49.6 Å². The van der Waals surface area contributed by atoms with E-state index in [1.165, 1.54) is 4.31 Å². The summed E-state index contributed by atoms with van der Waals surface area (Å²) in [6.07, 6.45) is 2.13. The van der Waals surface area contributed by atoms with Crippen LogP contribution < -0.4 is 11.1 Å². The molecule has 2 rings (SSSR count). The quantitative estimate of drug-likeness (QED) is 0.840. The van der Waals surface area contributed by atoms with Crippen molar-refractivity contribution in [3.05, 3.63) is 30.3 Å². The van der Waals surface area contributed by atoms with Crippen molar-refractivity contribution >= 4 is 15.9 Å². The molecule has 1 amide bonds. The molecular formula is C16H25N3O3S. The molecule has 1 aromatic carbocycles. The fraction of sp³-hybridized carbons (Fsp3) is 0.562. The van der Waals surface area contributed by atoms with Crippen LogP contribution in [0.25, 0.3) is 0 Å². The van der Waals surface area contributed by atoms with Gasteiger partial charge in [-0.25, -0.2) is 8.42 Å². The van der Waals surface area contributed by atoms with Crippen LogP contribution in [0.5, 0.6) is 0 Å². The normalized spacial score (nSPS) is 20.2. The van der Waals surface area contributed by atoms with Crippen molar-refractivity contribution in [2.75, 3.05) is 13.1 Å². The molecule has 0 saturated carbocycles. The standard InChI is InChI=1S/C16H25N3O3S/c1-16(2,17)12-18-15(20)14-10-6-7-11-19(14)23(21,22)13-8-4-3-5-9-13/h3-5,8-9,14H,6-7,10-12,17H2,1-2H3,(H,18,20). The fourth-order valence-electron chi connectivity index (χ4n) is 2.62. The Morgan fingerprint density at radius 1 is 1.30 bits per heavy atom. The maximum absolute atomic E-state index is 12.8. The van der Waals surface area contributed by atoms with Gasteiger partial charge in [-0.3, -0.25) is 4.79 Å². The lowest BCUT2D eigenvalue weighted by atomic mass is 10.0. The predicted molar refractivity (Wildman–Crippen MR) is 89.2 cm³/mol. The van der Waals surface area contributed by atoms with E-state index in [-0.39, 0.29) is 10.8 Å². The van der Waals surface area contributed by atoms with Gasteiger partial charge in [0, 0.05) is 18.6 Å². The molecule has 0 aliphatic carbocycles. The van der Waals surface area contributed by atoms with E-state index < -0.39 is 21.6 Å². The lowest BCUT2D eigenvalue weighted by Crippen LogP contribution is -2.54. The second-order valence-electron chi connectivity index (χ2n) is 6.65. The van der Waals surface area contributed by atoms with Crippen LogP contribution in [0.2, 0.25) is 0 Å². The van der Waals surface area contributed by atoms with Crippen LogP contribution in [0, 0.1) is 0 Å². The van der Waals surface area contributed by atoms with Gasteiger partial charge < -0.3 is 11.1 Å². The van der Waals surface area contributed by atoms with Crippen LogP contribution in [0.3, 0.4) is 0 Å². The number of hydrogen-bond donors (Lipinski definition) is 2. The van der Waals surface area contributed by atoms with E-state index in [0.717, 1.165) is 12.8 Å². The number of amides is 1. The van der Waals surface area contributed by atoms with Gasteiger partial charge in [-0.05, 0) is 38.8 Å². The minimum absolute atomic E-state index is 0.221. The summed E-state index contributed by atoms with van der Waals surface area (Å²) in [5.74, 6) is -0.275. The van der Waals surface area contributed by atoms with Crippen LogP contribution in [0.15, 0.2) is 35.2 Å². The van der Waals surface area contributed by atoms with E-state index in [1.54, 1.807) is 30.3 Å². The first kappa shape index (κ1) is 17.9. The van der Waals surface area contributed by atoms with E-state index >= 15 is 0 Å². The lowest BCUT2D eigenvalue weighted by molar-refractivity contribution is -0.125. The third kappa shape index (κ3) is 4.53. The molecule has 0 radical (unpaired) electrons. The Balaban J connectivity index is 2.20. The molecule has 1 unspecified atom stereocenters. The monoisotopic (exact) mass is 339 g/mol. The minimum Gasteiger partial charge on any atom is -0.353 e. The van der Waals surface area contributed by atoms with Crippen molar-refractivity contribution in [1.29, 1.82) is 0 Å². The van der Waals surface area contributed by atoms with E-state index in [4.69, 9.17) is 5.73 Å². The van der Waals surface area contributed by atoms with Gasteiger partial charge in [0.1, 0.15) is 6.04 Å². The number of rotatable bonds is 5. The van der Waals surface area contributed by atoms with Crippen LogP contribution in [0.1, 0.15) is 33.1 Å². The molecular weight excluding hydrogens is 314 g/mol. The zero-order valence-electron chi connectivity index (χ0n) is 13.7. The van der Waals surface area contributed by atoms with Gasteiger partial charge in [0.15, 0.2) is 0 Å². The molecule has 1 saturated heterocycles. The van der Waals surface area contributed by atoms with Crippen LogP contribution >= 0.6 is 0 Å². The van der Waals surface area contributed by atoms with Crippen molar-refractivity contribution < 1.29 is 13.2 Å². The maximum atomic E-state index is 12.8. The van der Waals surface area contributed by atoms with Crippen LogP contribution in [-0.4, -0.2) is 43.3 Å². The average Bonchev–Trinajstić information content (AvgIpc) is 2.53. The zero-order valence-corrected chi connectivity index (χ0v) is 14.5. The molecule has 1 aromatic rings. The molecule has 1 fully saturated rings. The fourth-order valence-corrected chi connectivity index (χ4v) is 4.29. The Labute approximate surface area is 138 Å².